The Morgan fingerprint density at radius 3 is 2.76 bits per heavy atom. The molecule has 94 valence electrons. The van der Waals surface area contributed by atoms with Gasteiger partial charge in [-0.1, -0.05) is 12.1 Å². The highest BCUT2D eigenvalue weighted by atomic mass is 16.3. The molecule has 0 aliphatic carbocycles. The van der Waals surface area contributed by atoms with Crippen molar-refractivity contribution in [2.75, 3.05) is 0 Å². The van der Waals surface area contributed by atoms with Crippen LogP contribution in [-0.2, 0) is 4.79 Å². The van der Waals surface area contributed by atoms with Crippen molar-refractivity contribution in [2.45, 2.75) is 38.8 Å². The number of amides is 1. The third-order valence-electron chi connectivity index (χ3n) is 2.57. The SMILES string of the molecule is CC(N)CCC(=O)NC(C)c1cccc(O)c1. The summed E-state index contributed by atoms with van der Waals surface area (Å²) in [5.74, 6) is 0.192. The third-order valence-corrected chi connectivity index (χ3v) is 2.57. The monoisotopic (exact) mass is 236 g/mol. The van der Waals surface area contributed by atoms with Crippen LogP contribution in [-0.4, -0.2) is 17.1 Å². The molecule has 1 aromatic carbocycles. The van der Waals surface area contributed by atoms with Crippen LogP contribution in [0.2, 0.25) is 0 Å². The summed E-state index contributed by atoms with van der Waals surface area (Å²) in [4.78, 5) is 11.6. The highest BCUT2D eigenvalue weighted by Gasteiger charge is 2.10. The molecule has 0 saturated carbocycles. The average molecular weight is 236 g/mol. The number of hydrogen-bond acceptors (Lipinski definition) is 3. The number of carbonyl (C=O) groups excluding carboxylic acids is 1. The lowest BCUT2D eigenvalue weighted by Gasteiger charge is -2.15. The van der Waals surface area contributed by atoms with Gasteiger partial charge < -0.3 is 16.2 Å². The fourth-order valence-electron chi connectivity index (χ4n) is 1.55. The predicted molar refractivity (Wildman–Crippen MR) is 67.5 cm³/mol. The van der Waals surface area contributed by atoms with Gasteiger partial charge in [-0.15, -0.1) is 0 Å². The van der Waals surface area contributed by atoms with Gasteiger partial charge in [0.25, 0.3) is 0 Å². The van der Waals surface area contributed by atoms with Gasteiger partial charge in [-0.05, 0) is 38.0 Å². The molecule has 1 rings (SSSR count). The number of aromatic hydroxyl groups is 1. The topological polar surface area (TPSA) is 75.4 Å². The molecular weight excluding hydrogens is 216 g/mol. The highest BCUT2D eigenvalue weighted by molar-refractivity contribution is 5.76. The van der Waals surface area contributed by atoms with Gasteiger partial charge >= 0.3 is 0 Å². The molecule has 0 aliphatic heterocycles. The molecule has 0 aromatic heterocycles. The van der Waals surface area contributed by atoms with Crippen molar-refractivity contribution in [3.8, 4) is 5.75 Å². The molecule has 0 spiro atoms. The minimum atomic E-state index is -0.109. The first-order valence-corrected chi connectivity index (χ1v) is 5.83. The van der Waals surface area contributed by atoms with Crippen LogP contribution in [0.1, 0.15) is 38.3 Å². The van der Waals surface area contributed by atoms with E-state index in [1.807, 2.05) is 19.9 Å². The van der Waals surface area contributed by atoms with Crippen LogP contribution in [0.5, 0.6) is 5.75 Å². The number of hydrogen-bond donors (Lipinski definition) is 3. The molecule has 0 fully saturated rings. The lowest BCUT2D eigenvalue weighted by molar-refractivity contribution is -0.121. The number of nitrogens with two attached hydrogens (primary N) is 1. The summed E-state index contributed by atoms with van der Waals surface area (Å²) in [5.41, 5.74) is 6.48. The lowest BCUT2D eigenvalue weighted by atomic mass is 10.1. The maximum Gasteiger partial charge on any atom is 0.220 e. The van der Waals surface area contributed by atoms with E-state index in [0.29, 0.717) is 12.8 Å². The minimum Gasteiger partial charge on any atom is -0.508 e. The predicted octanol–water partition coefficient (Wildman–Crippen LogP) is 1.70. The number of rotatable bonds is 5. The first-order chi connectivity index (χ1) is 7.99. The van der Waals surface area contributed by atoms with E-state index in [0.717, 1.165) is 5.56 Å². The Kier molecular flexibility index (Phi) is 4.97. The summed E-state index contributed by atoms with van der Waals surface area (Å²) in [5, 5.41) is 12.2. The number of phenolic OH excluding ortho intramolecular Hbond substituents is 1. The molecule has 0 aliphatic rings. The van der Waals surface area contributed by atoms with Crippen LogP contribution in [0, 0.1) is 0 Å². The van der Waals surface area contributed by atoms with E-state index in [1.165, 1.54) is 0 Å². The van der Waals surface area contributed by atoms with Gasteiger partial charge in [0.2, 0.25) is 5.91 Å². The second-order valence-corrected chi connectivity index (χ2v) is 4.40. The molecule has 1 amide bonds. The first kappa shape index (κ1) is 13.5. The van der Waals surface area contributed by atoms with Crippen LogP contribution in [0.4, 0.5) is 0 Å². The Hall–Kier alpha value is -1.55. The van der Waals surface area contributed by atoms with Crippen molar-refractivity contribution in [3.63, 3.8) is 0 Å². The van der Waals surface area contributed by atoms with Crippen LogP contribution < -0.4 is 11.1 Å². The Labute approximate surface area is 102 Å². The van der Waals surface area contributed by atoms with E-state index in [4.69, 9.17) is 5.73 Å². The molecule has 4 N–H and O–H groups in total. The number of phenols is 1. The Morgan fingerprint density at radius 2 is 2.18 bits per heavy atom. The molecule has 0 radical (unpaired) electrons. The quantitative estimate of drug-likeness (QED) is 0.728. The zero-order valence-corrected chi connectivity index (χ0v) is 10.3. The molecule has 0 saturated heterocycles. The van der Waals surface area contributed by atoms with Crippen molar-refractivity contribution in [2.24, 2.45) is 5.73 Å². The molecule has 1 aromatic rings. The van der Waals surface area contributed by atoms with Crippen molar-refractivity contribution in [1.82, 2.24) is 5.32 Å². The Bertz CT molecular complexity index is 377. The van der Waals surface area contributed by atoms with E-state index < -0.39 is 0 Å². The summed E-state index contributed by atoms with van der Waals surface area (Å²) in [7, 11) is 0. The van der Waals surface area contributed by atoms with Crippen LogP contribution in [0.25, 0.3) is 0 Å². The summed E-state index contributed by atoms with van der Waals surface area (Å²) < 4.78 is 0. The van der Waals surface area contributed by atoms with Crippen LogP contribution >= 0.6 is 0 Å². The lowest BCUT2D eigenvalue weighted by Crippen LogP contribution is -2.28. The minimum absolute atomic E-state index is 0.0156. The Balaban J connectivity index is 2.48. The van der Waals surface area contributed by atoms with E-state index in [2.05, 4.69) is 5.32 Å². The summed E-state index contributed by atoms with van der Waals surface area (Å²) in [6.45, 7) is 3.77. The van der Waals surface area contributed by atoms with E-state index in [9.17, 15) is 9.90 Å². The molecule has 17 heavy (non-hydrogen) atoms. The highest BCUT2D eigenvalue weighted by Crippen LogP contribution is 2.17. The molecular formula is C13H20N2O2. The maximum absolute atomic E-state index is 11.6. The maximum atomic E-state index is 11.6. The van der Waals surface area contributed by atoms with E-state index in [-0.39, 0.29) is 23.7 Å². The zero-order valence-electron chi connectivity index (χ0n) is 10.3. The average Bonchev–Trinajstić information content (AvgIpc) is 2.26. The van der Waals surface area contributed by atoms with Crippen molar-refractivity contribution >= 4 is 5.91 Å². The summed E-state index contributed by atoms with van der Waals surface area (Å²) >= 11 is 0. The number of carbonyl (C=O) groups is 1. The third kappa shape index (κ3) is 4.87. The molecule has 4 heteroatoms. The van der Waals surface area contributed by atoms with E-state index >= 15 is 0 Å². The van der Waals surface area contributed by atoms with Gasteiger partial charge in [0, 0.05) is 12.5 Å². The normalized spacial score (nSPS) is 14.1. The smallest absolute Gasteiger partial charge is 0.220 e. The van der Waals surface area contributed by atoms with Gasteiger partial charge in [-0.25, -0.2) is 0 Å². The van der Waals surface area contributed by atoms with Crippen LogP contribution in [0.15, 0.2) is 24.3 Å². The largest absolute Gasteiger partial charge is 0.508 e. The van der Waals surface area contributed by atoms with Gasteiger partial charge in [-0.2, -0.15) is 0 Å². The standard InChI is InChI=1S/C13H20N2O2/c1-9(14)6-7-13(17)15-10(2)11-4-3-5-12(16)8-11/h3-5,8-10,16H,6-7,14H2,1-2H3,(H,15,17). The summed E-state index contributed by atoms with van der Waals surface area (Å²) in [6, 6.07) is 6.82. The van der Waals surface area contributed by atoms with Gasteiger partial charge in [0.1, 0.15) is 5.75 Å². The second kappa shape index (κ2) is 6.25. The van der Waals surface area contributed by atoms with Crippen molar-refractivity contribution in [3.05, 3.63) is 29.8 Å². The second-order valence-electron chi connectivity index (χ2n) is 4.40. The van der Waals surface area contributed by atoms with Crippen LogP contribution in [0.3, 0.4) is 0 Å². The van der Waals surface area contributed by atoms with Gasteiger partial charge in [-0.3, -0.25) is 4.79 Å². The zero-order chi connectivity index (χ0) is 12.8. The first-order valence-electron chi connectivity index (χ1n) is 5.83. The van der Waals surface area contributed by atoms with Crippen molar-refractivity contribution in [1.29, 1.82) is 0 Å². The number of benzene rings is 1. The fraction of sp³-hybridized carbons (Fsp3) is 0.462. The molecule has 2 unspecified atom stereocenters. The molecule has 4 nitrogen and oxygen atoms in total. The molecule has 0 heterocycles. The Morgan fingerprint density at radius 1 is 1.47 bits per heavy atom. The molecule has 0 bridgehead atoms. The van der Waals surface area contributed by atoms with E-state index in [1.54, 1.807) is 18.2 Å². The number of nitrogens with one attached hydrogen (secondary N) is 1. The van der Waals surface area contributed by atoms with Gasteiger partial charge in [0.05, 0.1) is 6.04 Å². The fourth-order valence-corrected chi connectivity index (χ4v) is 1.55. The summed E-state index contributed by atoms with van der Waals surface area (Å²) in [6.07, 6.45) is 1.11. The van der Waals surface area contributed by atoms with Gasteiger partial charge in [0.15, 0.2) is 0 Å². The molecule has 2 atom stereocenters. The van der Waals surface area contributed by atoms with Crippen molar-refractivity contribution < 1.29 is 9.90 Å².